The number of aromatic nitrogens is 2. The Morgan fingerprint density at radius 2 is 2.53 bits per heavy atom. The summed E-state index contributed by atoms with van der Waals surface area (Å²) in [5, 5.41) is 16.8. The highest BCUT2D eigenvalue weighted by molar-refractivity contribution is 5.92. The fourth-order valence-corrected chi connectivity index (χ4v) is 1.89. The zero-order valence-corrected chi connectivity index (χ0v) is 10.1. The topological polar surface area (TPSA) is 76.4 Å². The summed E-state index contributed by atoms with van der Waals surface area (Å²) in [4.78, 5) is 11.9. The predicted octanol–water partition coefficient (Wildman–Crippen LogP) is -0.390. The number of hydrogen-bond acceptors (Lipinski definition) is 4. The van der Waals surface area contributed by atoms with E-state index in [-0.39, 0.29) is 19.1 Å². The second-order valence-corrected chi connectivity index (χ2v) is 4.50. The van der Waals surface area contributed by atoms with E-state index in [1.807, 2.05) is 6.92 Å². The Hall–Kier alpha value is -1.40. The summed E-state index contributed by atoms with van der Waals surface area (Å²) in [5.41, 5.74) is 0.356. The smallest absolute Gasteiger partial charge is 0.269 e. The third-order valence-corrected chi connectivity index (χ3v) is 2.90. The van der Waals surface area contributed by atoms with E-state index in [0.29, 0.717) is 18.7 Å². The molecular weight excluding hydrogens is 222 g/mol. The molecule has 0 aromatic carbocycles. The number of ether oxygens (including phenoxy) is 1. The molecule has 0 saturated carbocycles. The normalized spacial score (nSPS) is 23.9. The Morgan fingerprint density at radius 3 is 3.06 bits per heavy atom. The highest BCUT2D eigenvalue weighted by atomic mass is 16.5. The molecule has 6 nitrogen and oxygen atoms in total. The first-order valence-electron chi connectivity index (χ1n) is 5.59. The van der Waals surface area contributed by atoms with E-state index in [9.17, 15) is 9.90 Å². The van der Waals surface area contributed by atoms with E-state index in [2.05, 4.69) is 10.4 Å². The molecule has 94 valence electrons. The van der Waals surface area contributed by atoms with Gasteiger partial charge in [-0.05, 0) is 13.0 Å². The molecule has 0 radical (unpaired) electrons. The molecule has 0 aliphatic carbocycles. The number of aliphatic hydroxyl groups is 1. The van der Waals surface area contributed by atoms with Crippen LogP contribution in [0.25, 0.3) is 0 Å². The number of hydrogen-bond donors (Lipinski definition) is 2. The zero-order chi connectivity index (χ0) is 12.5. The van der Waals surface area contributed by atoms with Crippen LogP contribution in [0.3, 0.4) is 0 Å². The van der Waals surface area contributed by atoms with Gasteiger partial charge >= 0.3 is 0 Å². The molecule has 1 unspecified atom stereocenters. The summed E-state index contributed by atoms with van der Waals surface area (Å²) in [6.07, 6.45) is 0.553. The Kier molecular flexibility index (Phi) is 3.17. The maximum atomic E-state index is 11.9. The Morgan fingerprint density at radius 1 is 1.76 bits per heavy atom. The molecule has 2 N–H and O–H groups in total. The van der Waals surface area contributed by atoms with Gasteiger partial charge in [0.1, 0.15) is 11.3 Å². The summed E-state index contributed by atoms with van der Waals surface area (Å²) < 4.78 is 6.63. The van der Waals surface area contributed by atoms with Crippen molar-refractivity contribution in [3.8, 4) is 0 Å². The van der Waals surface area contributed by atoms with Gasteiger partial charge in [-0.25, -0.2) is 0 Å². The van der Waals surface area contributed by atoms with Crippen LogP contribution in [0.15, 0.2) is 6.07 Å². The lowest BCUT2D eigenvalue weighted by Gasteiger charge is -2.20. The monoisotopic (exact) mass is 239 g/mol. The Labute approximate surface area is 99.6 Å². The maximum absolute atomic E-state index is 11.9. The van der Waals surface area contributed by atoms with Crippen LogP contribution in [0.5, 0.6) is 0 Å². The van der Waals surface area contributed by atoms with Crippen LogP contribution in [-0.4, -0.2) is 46.2 Å². The second-order valence-electron chi connectivity index (χ2n) is 4.50. The van der Waals surface area contributed by atoms with E-state index < -0.39 is 5.60 Å². The average molecular weight is 239 g/mol. The van der Waals surface area contributed by atoms with Crippen LogP contribution in [0, 0.1) is 6.92 Å². The number of nitrogens with one attached hydrogen (secondary N) is 1. The van der Waals surface area contributed by atoms with Gasteiger partial charge in [0.2, 0.25) is 0 Å². The lowest BCUT2D eigenvalue weighted by atomic mass is 10.0. The van der Waals surface area contributed by atoms with Gasteiger partial charge in [-0.1, -0.05) is 0 Å². The molecule has 0 bridgehead atoms. The van der Waals surface area contributed by atoms with Gasteiger partial charge in [-0.2, -0.15) is 5.10 Å². The van der Waals surface area contributed by atoms with E-state index in [1.165, 1.54) is 4.68 Å². The van der Waals surface area contributed by atoms with Gasteiger partial charge in [0.05, 0.1) is 12.3 Å². The van der Waals surface area contributed by atoms with Gasteiger partial charge in [0, 0.05) is 26.6 Å². The third-order valence-electron chi connectivity index (χ3n) is 2.90. The van der Waals surface area contributed by atoms with Crippen molar-refractivity contribution < 1.29 is 14.6 Å². The largest absolute Gasteiger partial charge is 0.386 e. The summed E-state index contributed by atoms with van der Waals surface area (Å²) in [6, 6.07) is 1.71. The van der Waals surface area contributed by atoms with E-state index in [1.54, 1.807) is 13.1 Å². The number of carbonyl (C=O) groups is 1. The van der Waals surface area contributed by atoms with Crippen molar-refractivity contribution in [1.29, 1.82) is 0 Å². The summed E-state index contributed by atoms with van der Waals surface area (Å²) in [7, 11) is 1.72. The van der Waals surface area contributed by atoms with Crippen LogP contribution in [0.4, 0.5) is 0 Å². The minimum absolute atomic E-state index is 0.204. The van der Waals surface area contributed by atoms with Gasteiger partial charge in [0.15, 0.2) is 0 Å². The first-order chi connectivity index (χ1) is 8.00. The molecule has 17 heavy (non-hydrogen) atoms. The highest BCUT2D eigenvalue weighted by Gasteiger charge is 2.32. The standard InChI is InChI=1S/C11H17N3O3/c1-8-5-9(14(2)13-8)10(15)12-6-11(16)3-4-17-7-11/h5,16H,3-4,6-7H2,1-2H3,(H,12,15). The molecule has 6 heteroatoms. The molecule has 1 atom stereocenters. The van der Waals surface area contributed by atoms with Crippen molar-refractivity contribution in [2.45, 2.75) is 18.9 Å². The van der Waals surface area contributed by atoms with Crippen molar-refractivity contribution >= 4 is 5.91 Å². The second kappa shape index (κ2) is 4.46. The van der Waals surface area contributed by atoms with Gasteiger partial charge in [0.25, 0.3) is 5.91 Å². The molecule has 1 saturated heterocycles. The number of amides is 1. The van der Waals surface area contributed by atoms with Crippen molar-refractivity contribution in [2.24, 2.45) is 7.05 Å². The summed E-state index contributed by atoms with van der Waals surface area (Å²) >= 11 is 0. The van der Waals surface area contributed by atoms with Gasteiger partial charge < -0.3 is 15.2 Å². The molecule has 2 heterocycles. The molecule has 1 aromatic heterocycles. The first kappa shape index (κ1) is 12.1. The van der Waals surface area contributed by atoms with Crippen LogP contribution >= 0.6 is 0 Å². The first-order valence-corrected chi connectivity index (χ1v) is 5.59. The Balaban J connectivity index is 1.95. The molecule has 1 fully saturated rings. The fraction of sp³-hybridized carbons (Fsp3) is 0.636. The minimum atomic E-state index is -0.927. The zero-order valence-electron chi connectivity index (χ0n) is 10.1. The molecule has 2 rings (SSSR count). The van der Waals surface area contributed by atoms with Crippen LogP contribution < -0.4 is 5.32 Å². The van der Waals surface area contributed by atoms with Crippen molar-refractivity contribution in [3.05, 3.63) is 17.5 Å². The number of nitrogens with zero attached hydrogens (tertiary/aromatic N) is 2. The Bertz CT molecular complexity index is 422. The highest BCUT2D eigenvalue weighted by Crippen LogP contribution is 2.17. The molecule has 1 aliphatic rings. The minimum Gasteiger partial charge on any atom is -0.386 e. The van der Waals surface area contributed by atoms with Crippen LogP contribution in [0.2, 0.25) is 0 Å². The molecule has 1 aromatic rings. The number of carbonyl (C=O) groups excluding carboxylic acids is 1. The number of aryl methyl sites for hydroxylation is 2. The quantitative estimate of drug-likeness (QED) is 0.753. The lowest BCUT2D eigenvalue weighted by molar-refractivity contribution is 0.0263. The van der Waals surface area contributed by atoms with E-state index in [4.69, 9.17) is 4.74 Å². The van der Waals surface area contributed by atoms with Crippen LogP contribution in [0.1, 0.15) is 22.6 Å². The third kappa shape index (κ3) is 2.65. The summed E-state index contributed by atoms with van der Waals surface area (Å²) in [6.45, 7) is 2.85. The maximum Gasteiger partial charge on any atom is 0.269 e. The van der Waals surface area contributed by atoms with Gasteiger partial charge in [-0.3, -0.25) is 9.48 Å². The molecule has 0 spiro atoms. The average Bonchev–Trinajstić information content (AvgIpc) is 2.83. The van der Waals surface area contributed by atoms with Crippen molar-refractivity contribution in [2.75, 3.05) is 19.8 Å². The van der Waals surface area contributed by atoms with E-state index >= 15 is 0 Å². The molecule has 1 aliphatic heterocycles. The number of rotatable bonds is 3. The SMILES string of the molecule is Cc1cc(C(=O)NCC2(O)CCOC2)n(C)n1. The predicted molar refractivity (Wildman–Crippen MR) is 60.7 cm³/mol. The van der Waals surface area contributed by atoms with Crippen molar-refractivity contribution in [1.82, 2.24) is 15.1 Å². The van der Waals surface area contributed by atoms with Crippen molar-refractivity contribution in [3.63, 3.8) is 0 Å². The molecule has 1 amide bonds. The van der Waals surface area contributed by atoms with Crippen LogP contribution in [-0.2, 0) is 11.8 Å². The lowest BCUT2D eigenvalue weighted by Crippen LogP contribution is -2.43. The molecular formula is C11H17N3O3. The van der Waals surface area contributed by atoms with Gasteiger partial charge in [-0.15, -0.1) is 0 Å². The van der Waals surface area contributed by atoms with E-state index in [0.717, 1.165) is 5.69 Å². The fourth-order valence-electron chi connectivity index (χ4n) is 1.89. The summed E-state index contributed by atoms with van der Waals surface area (Å²) in [5.74, 6) is -0.228.